The summed E-state index contributed by atoms with van der Waals surface area (Å²) in [7, 11) is -3.40. The summed E-state index contributed by atoms with van der Waals surface area (Å²) in [5, 5.41) is 20.3. The Hall–Kier alpha value is -2.74. The number of hydrogen-bond donors (Lipinski definition) is 1. The van der Waals surface area contributed by atoms with Crippen molar-refractivity contribution < 1.29 is 23.2 Å². The lowest BCUT2D eigenvalue weighted by molar-refractivity contribution is -0.384. The zero-order chi connectivity index (χ0) is 16.5. The Labute approximate surface area is 125 Å². The summed E-state index contributed by atoms with van der Waals surface area (Å²) in [6, 6.07) is 9.02. The van der Waals surface area contributed by atoms with Gasteiger partial charge in [0.15, 0.2) is 9.84 Å². The van der Waals surface area contributed by atoms with Crippen LogP contribution in [0.25, 0.3) is 11.1 Å². The van der Waals surface area contributed by atoms with E-state index in [0.29, 0.717) is 0 Å². The second kappa shape index (κ2) is 5.57. The molecule has 114 valence electrons. The predicted molar refractivity (Wildman–Crippen MR) is 78.6 cm³/mol. The van der Waals surface area contributed by atoms with Gasteiger partial charge in [-0.25, -0.2) is 13.2 Å². The second-order valence-electron chi connectivity index (χ2n) is 4.56. The van der Waals surface area contributed by atoms with Crippen molar-refractivity contribution in [1.29, 1.82) is 0 Å². The first-order chi connectivity index (χ1) is 10.2. The molecular weight excluding hydrogens is 310 g/mol. The lowest BCUT2D eigenvalue weighted by atomic mass is 9.98. The van der Waals surface area contributed by atoms with Gasteiger partial charge in [0.05, 0.1) is 20.9 Å². The molecule has 0 atom stereocenters. The molecule has 0 radical (unpaired) electrons. The Morgan fingerprint density at radius 3 is 2.18 bits per heavy atom. The van der Waals surface area contributed by atoms with Gasteiger partial charge >= 0.3 is 5.97 Å². The summed E-state index contributed by atoms with van der Waals surface area (Å²) >= 11 is 0. The van der Waals surface area contributed by atoms with E-state index in [1.807, 2.05) is 0 Å². The molecule has 2 rings (SSSR count). The predicted octanol–water partition coefficient (Wildman–Crippen LogP) is 2.36. The topological polar surface area (TPSA) is 115 Å². The molecule has 22 heavy (non-hydrogen) atoms. The van der Waals surface area contributed by atoms with E-state index in [9.17, 15) is 28.4 Å². The molecule has 0 aromatic heterocycles. The number of benzene rings is 2. The van der Waals surface area contributed by atoms with Crippen molar-refractivity contribution in [3.63, 3.8) is 0 Å². The van der Waals surface area contributed by atoms with Crippen LogP contribution in [0.5, 0.6) is 0 Å². The van der Waals surface area contributed by atoms with Crippen LogP contribution in [0.3, 0.4) is 0 Å². The Balaban J connectivity index is 2.70. The number of hydrogen-bond acceptors (Lipinski definition) is 5. The van der Waals surface area contributed by atoms with Gasteiger partial charge in [-0.05, 0) is 23.8 Å². The van der Waals surface area contributed by atoms with Crippen molar-refractivity contribution in [1.82, 2.24) is 0 Å². The summed E-state index contributed by atoms with van der Waals surface area (Å²) in [6.07, 6.45) is 1.04. The molecule has 0 aliphatic heterocycles. The fourth-order valence-corrected chi connectivity index (χ4v) is 2.67. The third-order valence-electron chi connectivity index (χ3n) is 3.04. The third-order valence-corrected chi connectivity index (χ3v) is 4.17. The third kappa shape index (κ3) is 2.96. The Kier molecular flexibility index (Phi) is 3.96. The Morgan fingerprint density at radius 1 is 1.14 bits per heavy atom. The Bertz CT molecular complexity index is 823. The number of carbonyl (C=O) groups is 1. The van der Waals surface area contributed by atoms with Crippen LogP contribution in [0.15, 0.2) is 47.4 Å². The molecule has 8 heteroatoms. The van der Waals surface area contributed by atoms with Gasteiger partial charge < -0.3 is 5.11 Å². The highest BCUT2D eigenvalue weighted by Gasteiger charge is 2.22. The SMILES string of the molecule is CS(=O)(=O)c1ccc(-c2c(C(=O)O)cccc2[N+](=O)[O-])cc1. The highest BCUT2D eigenvalue weighted by atomic mass is 32.2. The van der Waals surface area contributed by atoms with Crippen molar-refractivity contribution in [2.75, 3.05) is 6.26 Å². The molecule has 0 fully saturated rings. The highest BCUT2D eigenvalue weighted by molar-refractivity contribution is 7.90. The monoisotopic (exact) mass is 321 g/mol. The minimum Gasteiger partial charge on any atom is -0.478 e. The highest BCUT2D eigenvalue weighted by Crippen LogP contribution is 2.33. The van der Waals surface area contributed by atoms with Crippen molar-refractivity contribution >= 4 is 21.5 Å². The normalized spacial score (nSPS) is 11.1. The zero-order valence-corrected chi connectivity index (χ0v) is 12.2. The molecule has 0 spiro atoms. The zero-order valence-electron chi connectivity index (χ0n) is 11.4. The van der Waals surface area contributed by atoms with Gasteiger partial charge in [-0.15, -0.1) is 0 Å². The molecule has 2 aromatic rings. The molecule has 0 bridgehead atoms. The van der Waals surface area contributed by atoms with E-state index in [1.54, 1.807) is 0 Å². The van der Waals surface area contributed by atoms with E-state index < -0.39 is 20.7 Å². The number of nitrogens with zero attached hydrogens (tertiary/aromatic N) is 1. The molecule has 0 unspecified atom stereocenters. The van der Waals surface area contributed by atoms with E-state index in [2.05, 4.69) is 0 Å². The van der Waals surface area contributed by atoms with Gasteiger partial charge in [0.25, 0.3) is 5.69 Å². The largest absolute Gasteiger partial charge is 0.478 e. The quantitative estimate of drug-likeness (QED) is 0.683. The van der Waals surface area contributed by atoms with E-state index in [0.717, 1.165) is 6.26 Å². The molecule has 0 aliphatic rings. The van der Waals surface area contributed by atoms with Gasteiger partial charge in [0.2, 0.25) is 0 Å². The average Bonchev–Trinajstić information content (AvgIpc) is 2.45. The molecule has 0 saturated carbocycles. The number of carboxylic acids is 1. The fraction of sp³-hybridized carbons (Fsp3) is 0.0714. The number of nitro groups is 1. The second-order valence-corrected chi connectivity index (χ2v) is 6.57. The standard InChI is InChI=1S/C14H11NO6S/c1-22(20,21)10-7-5-9(6-8-10)13-11(14(16)17)3-2-4-12(13)15(18)19/h2-8H,1H3,(H,16,17). The van der Waals surface area contributed by atoms with Crippen LogP contribution in [-0.4, -0.2) is 30.7 Å². The maximum atomic E-state index is 11.4. The van der Waals surface area contributed by atoms with Crippen LogP contribution < -0.4 is 0 Å². The van der Waals surface area contributed by atoms with Crippen molar-refractivity contribution in [2.24, 2.45) is 0 Å². The van der Waals surface area contributed by atoms with Crippen LogP contribution in [0.1, 0.15) is 10.4 Å². The van der Waals surface area contributed by atoms with Crippen LogP contribution in [0.2, 0.25) is 0 Å². The van der Waals surface area contributed by atoms with Gasteiger partial charge in [0, 0.05) is 12.3 Å². The summed E-state index contributed by atoms with van der Waals surface area (Å²) < 4.78 is 22.9. The molecular formula is C14H11NO6S. The molecule has 1 N–H and O–H groups in total. The number of carboxylic acid groups (broad SMARTS) is 1. The van der Waals surface area contributed by atoms with E-state index >= 15 is 0 Å². The molecule has 0 saturated heterocycles. The average molecular weight is 321 g/mol. The van der Waals surface area contributed by atoms with Crippen LogP contribution in [-0.2, 0) is 9.84 Å². The van der Waals surface area contributed by atoms with Crippen molar-refractivity contribution in [3.8, 4) is 11.1 Å². The summed E-state index contributed by atoms with van der Waals surface area (Å²) in [5.41, 5.74) is -0.370. The minimum atomic E-state index is -3.40. The molecule has 2 aromatic carbocycles. The van der Waals surface area contributed by atoms with E-state index in [-0.39, 0.29) is 27.3 Å². The van der Waals surface area contributed by atoms with Gasteiger partial charge in [-0.2, -0.15) is 0 Å². The minimum absolute atomic E-state index is 0.0479. The first kappa shape index (κ1) is 15.6. The van der Waals surface area contributed by atoms with E-state index in [4.69, 9.17) is 0 Å². The first-order valence-electron chi connectivity index (χ1n) is 6.03. The number of aromatic carboxylic acids is 1. The number of nitro benzene ring substituents is 1. The maximum absolute atomic E-state index is 11.4. The lowest BCUT2D eigenvalue weighted by Crippen LogP contribution is -2.03. The van der Waals surface area contributed by atoms with Crippen LogP contribution in [0, 0.1) is 10.1 Å². The molecule has 0 amide bonds. The summed E-state index contributed by atoms with van der Waals surface area (Å²) in [6.45, 7) is 0. The summed E-state index contributed by atoms with van der Waals surface area (Å²) in [5.74, 6) is -1.30. The van der Waals surface area contributed by atoms with E-state index in [1.165, 1.54) is 42.5 Å². The lowest BCUT2D eigenvalue weighted by Gasteiger charge is -2.08. The molecule has 0 aliphatic carbocycles. The number of sulfone groups is 1. The maximum Gasteiger partial charge on any atom is 0.336 e. The smallest absolute Gasteiger partial charge is 0.336 e. The molecule has 7 nitrogen and oxygen atoms in total. The van der Waals surface area contributed by atoms with Crippen LogP contribution in [0.4, 0.5) is 5.69 Å². The van der Waals surface area contributed by atoms with Crippen molar-refractivity contribution in [3.05, 3.63) is 58.1 Å². The summed E-state index contributed by atoms with van der Waals surface area (Å²) in [4.78, 5) is 21.8. The van der Waals surface area contributed by atoms with Crippen molar-refractivity contribution in [2.45, 2.75) is 4.90 Å². The van der Waals surface area contributed by atoms with Gasteiger partial charge in [-0.3, -0.25) is 10.1 Å². The van der Waals surface area contributed by atoms with Crippen LogP contribution >= 0.6 is 0 Å². The Morgan fingerprint density at radius 2 is 1.73 bits per heavy atom. The first-order valence-corrected chi connectivity index (χ1v) is 7.92. The molecule has 0 heterocycles. The number of rotatable bonds is 4. The van der Waals surface area contributed by atoms with Gasteiger partial charge in [-0.1, -0.05) is 18.2 Å². The van der Waals surface area contributed by atoms with Gasteiger partial charge in [0.1, 0.15) is 0 Å². The fourth-order valence-electron chi connectivity index (χ4n) is 2.04.